The standard InChI is InChI=1S/C33H46/c1-17(2)31(13,14)33(32(15,16)18(3)4)29-25(11)21(7)19(5)23(9)27(29)28-24(10)20(6)22(8)26(12)30(28)33/h1,3H2,2,4-16H3. The summed E-state index contributed by atoms with van der Waals surface area (Å²) < 4.78 is 0. The van der Waals surface area contributed by atoms with Crippen molar-refractivity contribution >= 4 is 0 Å². The van der Waals surface area contributed by atoms with Crippen molar-refractivity contribution in [3.63, 3.8) is 0 Å². The third-order valence-electron chi connectivity index (χ3n) is 10.4. The SMILES string of the molecule is C=C(C)C(C)(C)C1(C(C)(C)C(=C)C)c2c(C)c(C)c(C)c(C)c2-c2c(C)c(C)c(C)c(C)c21. The minimum absolute atomic E-state index is 0.187. The first kappa shape index (κ1) is 25.5. The highest BCUT2D eigenvalue weighted by molar-refractivity contribution is 5.91. The predicted molar refractivity (Wildman–Crippen MR) is 148 cm³/mol. The van der Waals surface area contributed by atoms with Crippen LogP contribution in [0.5, 0.6) is 0 Å². The highest BCUT2D eigenvalue weighted by Crippen LogP contribution is 2.70. The van der Waals surface area contributed by atoms with Crippen LogP contribution in [0.3, 0.4) is 0 Å². The molecule has 3 rings (SSSR count). The van der Waals surface area contributed by atoms with Crippen molar-refractivity contribution in [2.75, 3.05) is 0 Å². The maximum Gasteiger partial charge on any atom is 0.0396 e. The molecule has 0 nitrogen and oxygen atoms in total. The zero-order valence-corrected chi connectivity index (χ0v) is 23.9. The summed E-state index contributed by atoms with van der Waals surface area (Å²) in [5.41, 5.74) is 19.2. The molecule has 0 heteroatoms. The molecule has 1 aliphatic rings. The Bertz CT molecular complexity index is 1130. The molecule has 2 aromatic carbocycles. The molecule has 0 unspecified atom stereocenters. The summed E-state index contributed by atoms with van der Waals surface area (Å²) >= 11 is 0. The summed E-state index contributed by atoms with van der Waals surface area (Å²) in [5.74, 6) is 0. The molecule has 0 heterocycles. The van der Waals surface area contributed by atoms with Crippen LogP contribution >= 0.6 is 0 Å². The first-order chi connectivity index (χ1) is 14.9. The van der Waals surface area contributed by atoms with E-state index in [1.54, 1.807) is 0 Å². The number of fused-ring (bicyclic) bond motifs is 3. The van der Waals surface area contributed by atoms with E-state index in [2.05, 4.69) is 110 Å². The Kier molecular flexibility index (Phi) is 5.77. The fourth-order valence-electron chi connectivity index (χ4n) is 6.98. The Labute approximate surface area is 204 Å². The van der Waals surface area contributed by atoms with Crippen LogP contribution in [0, 0.1) is 66.2 Å². The summed E-state index contributed by atoms with van der Waals surface area (Å²) in [6.07, 6.45) is 0. The molecule has 0 N–H and O–H groups in total. The monoisotopic (exact) mass is 442 g/mol. The number of hydrogen-bond donors (Lipinski definition) is 0. The van der Waals surface area contributed by atoms with Crippen molar-refractivity contribution in [2.24, 2.45) is 10.8 Å². The van der Waals surface area contributed by atoms with Crippen LogP contribution in [0.25, 0.3) is 11.1 Å². The molecule has 1 aliphatic carbocycles. The van der Waals surface area contributed by atoms with E-state index in [0.29, 0.717) is 0 Å². The number of benzene rings is 2. The highest BCUT2D eigenvalue weighted by atomic mass is 14.6. The quantitative estimate of drug-likeness (QED) is 0.413. The Morgan fingerprint density at radius 3 is 0.970 bits per heavy atom. The molecule has 0 aliphatic heterocycles. The minimum atomic E-state index is -0.275. The smallest absolute Gasteiger partial charge is 0.0396 e. The van der Waals surface area contributed by atoms with Crippen LogP contribution < -0.4 is 0 Å². The summed E-state index contributed by atoms with van der Waals surface area (Å²) in [6.45, 7) is 41.9. The van der Waals surface area contributed by atoms with Gasteiger partial charge in [-0.1, -0.05) is 52.0 Å². The molecule has 0 bridgehead atoms. The fraction of sp³-hybridized carbons (Fsp3) is 0.515. The lowest BCUT2D eigenvalue weighted by Crippen LogP contribution is -2.54. The summed E-state index contributed by atoms with van der Waals surface area (Å²) in [7, 11) is 0. The zero-order valence-electron chi connectivity index (χ0n) is 23.9. The maximum atomic E-state index is 4.59. The molecule has 0 atom stereocenters. The van der Waals surface area contributed by atoms with Crippen LogP contribution in [0.1, 0.15) is 97.2 Å². The summed E-state index contributed by atoms with van der Waals surface area (Å²) in [4.78, 5) is 0. The van der Waals surface area contributed by atoms with E-state index in [0.717, 1.165) is 0 Å². The normalized spacial score (nSPS) is 14.8. The van der Waals surface area contributed by atoms with Gasteiger partial charge in [0.15, 0.2) is 0 Å². The van der Waals surface area contributed by atoms with Crippen molar-refractivity contribution in [2.45, 2.75) is 102 Å². The molecule has 0 aromatic heterocycles. The van der Waals surface area contributed by atoms with E-state index < -0.39 is 0 Å². The van der Waals surface area contributed by atoms with Gasteiger partial charge in [-0.2, -0.15) is 0 Å². The molecular formula is C33H46. The molecule has 0 spiro atoms. The minimum Gasteiger partial charge on any atom is -0.0996 e. The molecule has 0 fully saturated rings. The molecule has 0 radical (unpaired) electrons. The Hall–Kier alpha value is -2.08. The number of rotatable bonds is 4. The van der Waals surface area contributed by atoms with Crippen molar-refractivity contribution in [3.8, 4) is 11.1 Å². The third kappa shape index (κ3) is 2.76. The molecule has 0 saturated heterocycles. The van der Waals surface area contributed by atoms with Crippen LogP contribution in [-0.4, -0.2) is 0 Å². The first-order valence-corrected chi connectivity index (χ1v) is 12.5. The van der Waals surface area contributed by atoms with Crippen molar-refractivity contribution in [1.82, 2.24) is 0 Å². The second-order valence-electron chi connectivity index (χ2n) is 12.1. The largest absolute Gasteiger partial charge is 0.0996 e. The Morgan fingerprint density at radius 1 is 0.485 bits per heavy atom. The number of allylic oxidation sites excluding steroid dienone is 2. The molecule has 0 saturated carbocycles. The van der Waals surface area contributed by atoms with E-state index >= 15 is 0 Å². The summed E-state index contributed by atoms with van der Waals surface area (Å²) in [5, 5.41) is 0. The van der Waals surface area contributed by atoms with Crippen molar-refractivity contribution in [3.05, 3.63) is 79.9 Å². The first-order valence-electron chi connectivity index (χ1n) is 12.5. The molecule has 178 valence electrons. The molecule has 33 heavy (non-hydrogen) atoms. The lowest BCUT2D eigenvalue weighted by Gasteiger charge is -2.57. The summed E-state index contributed by atoms with van der Waals surface area (Å²) in [6, 6.07) is 0. The lowest BCUT2D eigenvalue weighted by molar-refractivity contribution is 0.122. The van der Waals surface area contributed by atoms with Gasteiger partial charge in [0.05, 0.1) is 0 Å². The molecule has 0 amide bonds. The van der Waals surface area contributed by atoms with Crippen LogP contribution in [0.15, 0.2) is 24.3 Å². The van der Waals surface area contributed by atoms with E-state index in [9.17, 15) is 0 Å². The van der Waals surface area contributed by atoms with Gasteiger partial charge in [-0.3, -0.25) is 0 Å². The maximum absolute atomic E-state index is 4.59. The topological polar surface area (TPSA) is 0 Å². The number of hydrogen-bond acceptors (Lipinski definition) is 0. The van der Waals surface area contributed by atoms with E-state index in [1.807, 2.05) is 0 Å². The van der Waals surface area contributed by atoms with Gasteiger partial charge in [-0.05, 0) is 147 Å². The van der Waals surface area contributed by atoms with Crippen molar-refractivity contribution < 1.29 is 0 Å². The average molecular weight is 443 g/mol. The molecular weight excluding hydrogens is 396 g/mol. The fourth-order valence-corrected chi connectivity index (χ4v) is 6.98. The van der Waals surface area contributed by atoms with Gasteiger partial charge in [0.25, 0.3) is 0 Å². The average Bonchev–Trinajstić information content (AvgIpc) is 3.07. The Morgan fingerprint density at radius 2 is 0.727 bits per heavy atom. The lowest BCUT2D eigenvalue weighted by atomic mass is 9.44. The Balaban J connectivity index is 2.91. The van der Waals surface area contributed by atoms with Gasteiger partial charge in [-0.15, -0.1) is 0 Å². The van der Waals surface area contributed by atoms with E-state index in [1.165, 1.54) is 77.9 Å². The second-order valence-corrected chi connectivity index (χ2v) is 12.1. The van der Waals surface area contributed by atoms with Crippen LogP contribution in [-0.2, 0) is 5.41 Å². The van der Waals surface area contributed by atoms with E-state index in [-0.39, 0.29) is 16.2 Å². The third-order valence-corrected chi connectivity index (χ3v) is 10.4. The molecule has 2 aromatic rings. The van der Waals surface area contributed by atoms with Crippen LogP contribution in [0.2, 0.25) is 0 Å². The zero-order chi connectivity index (χ0) is 25.6. The van der Waals surface area contributed by atoms with Gasteiger partial charge in [-0.25, -0.2) is 0 Å². The van der Waals surface area contributed by atoms with Gasteiger partial charge < -0.3 is 0 Å². The van der Waals surface area contributed by atoms with Crippen LogP contribution in [0.4, 0.5) is 0 Å². The van der Waals surface area contributed by atoms with Gasteiger partial charge in [0.2, 0.25) is 0 Å². The van der Waals surface area contributed by atoms with E-state index in [4.69, 9.17) is 0 Å². The van der Waals surface area contributed by atoms with Crippen molar-refractivity contribution in [1.29, 1.82) is 0 Å². The second kappa shape index (κ2) is 7.46. The van der Waals surface area contributed by atoms with Gasteiger partial charge in [0.1, 0.15) is 0 Å². The van der Waals surface area contributed by atoms with Gasteiger partial charge in [0, 0.05) is 5.41 Å². The predicted octanol–water partition coefficient (Wildman–Crippen LogP) is 9.63. The highest BCUT2D eigenvalue weighted by Gasteiger charge is 2.63. The van der Waals surface area contributed by atoms with Gasteiger partial charge >= 0.3 is 0 Å².